The zero-order valence-electron chi connectivity index (χ0n) is 11.8. The lowest BCUT2D eigenvalue weighted by atomic mass is 9.82. The van der Waals surface area contributed by atoms with Crippen LogP contribution in [0.5, 0.6) is 0 Å². The fraction of sp³-hybridized carbons (Fsp3) is 0.235. The predicted octanol–water partition coefficient (Wildman–Crippen LogP) is 4.68. The molecule has 2 aromatic carbocycles. The van der Waals surface area contributed by atoms with Gasteiger partial charge in [-0.3, -0.25) is 4.79 Å². The number of benzene rings is 2. The first-order chi connectivity index (χ1) is 9.97. The lowest BCUT2D eigenvalue weighted by Crippen LogP contribution is -2.25. The summed E-state index contributed by atoms with van der Waals surface area (Å²) in [6, 6.07) is 8.88. The number of carbonyl (C=O) groups excluding carboxylic acids is 1. The van der Waals surface area contributed by atoms with Crippen LogP contribution in [0, 0.1) is 19.7 Å². The monoisotopic (exact) mass is 347 g/mol. The third kappa shape index (κ3) is 2.48. The van der Waals surface area contributed by atoms with Crippen molar-refractivity contribution in [2.75, 3.05) is 5.32 Å². The highest BCUT2D eigenvalue weighted by Crippen LogP contribution is 2.40. The van der Waals surface area contributed by atoms with Gasteiger partial charge in [-0.2, -0.15) is 0 Å². The summed E-state index contributed by atoms with van der Waals surface area (Å²) in [7, 11) is 0. The maximum atomic E-state index is 14.2. The van der Waals surface area contributed by atoms with Crippen molar-refractivity contribution in [1.82, 2.24) is 0 Å². The van der Waals surface area contributed by atoms with Crippen LogP contribution in [-0.4, -0.2) is 5.91 Å². The Morgan fingerprint density at radius 3 is 2.71 bits per heavy atom. The topological polar surface area (TPSA) is 29.1 Å². The molecule has 0 fully saturated rings. The van der Waals surface area contributed by atoms with E-state index in [1.54, 1.807) is 12.1 Å². The molecule has 0 aliphatic carbocycles. The minimum atomic E-state index is -0.276. The molecule has 0 saturated carbocycles. The Bertz CT molecular complexity index is 742. The minimum absolute atomic E-state index is 0.0689. The lowest BCUT2D eigenvalue weighted by molar-refractivity contribution is -0.116. The molecule has 1 atom stereocenters. The van der Waals surface area contributed by atoms with Gasteiger partial charge < -0.3 is 5.32 Å². The van der Waals surface area contributed by atoms with Crippen LogP contribution in [0.4, 0.5) is 10.1 Å². The van der Waals surface area contributed by atoms with Crippen LogP contribution in [0.2, 0.25) is 0 Å². The molecule has 0 saturated heterocycles. The molecule has 0 spiro atoms. The summed E-state index contributed by atoms with van der Waals surface area (Å²) in [6.45, 7) is 3.99. The first-order valence-electron chi connectivity index (χ1n) is 6.82. The van der Waals surface area contributed by atoms with Gasteiger partial charge in [0.15, 0.2) is 0 Å². The number of nitrogens with one attached hydrogen (secondary N) is 1. The Morgan fingerprint density at radius 2 is 1.95 bits per heavy atom. The van der Waals surface area contributed by atoms with E-state index < -0.39 is 0 Å². The van der Waals surface area contributed by atoms with Gasteiger partial charge in [0, 0.05) is 22.5 Å². The molecule has 1 amide bonds. The second-order valence-electron chi connectivity index (χ2n) is 5.44. The lowest BCUT2D eigenvalue weighted by Gasteiger charge is -2.28. The Kier molecular flexibility index (Phi) is 3.57. The number of aryl methyl sites for hydroxylation is 1. The molecule has 0 aromatic heterocycles. The van der Waals surface area contributed by atoms with Crippen molar-refractivity contribution >= 4 is 27.5 Å². The van der Waals surface area contributed by atoms with Crippen LogP contribution in [0.15, 0.2) is 34.8 Å². The van der Waals surface area contributed by atoms with Gasteiger partial charge in [-0.1, -0.05) is 28.1 Å². The van der Waals surface area contributed by atoms with Gasteiger partial charge in [-0.05, 0) is 54.3 Å². The van der Waals surface area contributed by atoms with Crippen LogP contribution in [-0.2, 0) is 4.79 Å². The summed E-state index contributed by atoms with van der Waals surface area (Å²) in [5, 5.41) is 2.93. The van der Waals surface area contributed by atoms with Crippen LogP contribution in [0.1, 0.15) is 34.6 Å². The number of amides is 1. The molecule has 108 valence electrons. The van der Waals surface area contributed by atoms with E-state index in [9.17, 15) is 9.18 Å². The van der Waals surface area contributed by atoms with E-state index in [-0.39, 0.29) is 24.1 Å². The highest BCUT2D eigenvalue weighted by Gasteiger charge is 2.29. The van der Waals surface area contributed by atoms with E-state index in [1.165, 1.54) is 6.07 Å². The minimum Gasteiger partial charge on any atom is -0.326 e. The molecule has 3 rings (SSSR count). The Balaban J connectivity index is 2.20. The van der Waals surface area contributed by atoms with Crippen molar-refractivity contribution in [3.05, 3.63) is 62.9 Å². The predicted molar refractivity (Wildman–Crippen MR) is 85.1 cm³/mol. The highest BCUT2D eigenvalue weighted by atomic mass is 79.9. The first kappa shape index (κ1) is 14.3. The van der Waals surface area contributed by atoms with Crippen molar-refractivity contribution in [3.63, 3.8) is 0 Å². The zero-order chi connectivity index (χ0) is 15.1. The number of carbonyl (C=O) groups is 1. The number of rotatable bonds is 1. The molecule has 4 heteroatoms. The quantitative estimate of drug-likeness (QED) is 0.797. The molecular weight excluding hydrogens is 333 g/mol. The molecule has 2 nitrogen and oxygen atoms in total. The molecule has 21 heavy (non-hydrogen) atoms. The van der Waals surface area contributed by atoms with Crippen LogP contribution in [0.25, 0.3) is 0 Å². The molecule has 2 aromatic rings. The van der Waals surface area contributed by atoms with E-state index in [1.807, 2.05) is 26.0 Å². The second kappa shape index (κ2) is 5.26. The standard InChI is InChI=1S/C17H15BrFNO/c1-9-3-5-12-13(8-16(21)20-17(12)10(9)2)14-7-11(18)4-6-15(14)19/h3-7,13H,8H2,1-2H3,(H,20,21)/t13-/m0/s1. The van der Waals surface area contributed by atoms with E-state index in [4.69, 9.17) is 0 Å². The van der Waals surface area contributed by atoms with E-state index in [0.717, 1.165) is 26.9 Å². The zero-order valence-corrected chi connectivity index (χ0v) is 13.4. The number of hydrogen-bond acceptors (Lipinski definition) is 1. The summed E-state index contributed by atoms with van der Waals surface area (Å²) < 4.78 is 15.0. The number of halogens is 2. The summed E-state index contributed by atoms with van der Waals surface area (Å²) in [4.78, 5) is 12.0. The fourth-order valence-corrected chi connectivity index (χ4v) is 3.22. The Labute approximate surface area is 131 Å². The van der Waals surface area contributed by atoms with Crippen molar-refractivity contribution in [1.29, 1.82) is 0 Å². The van der Waals surface area contributed by atoms with Gasteiger partial charge in [0.25, 0.3) is 0 Å². The molecule has 1 aliphatic heterocycles. The summed E-state index contributed by atoms with van der Waals surface area (Å²) in [5.74, 6) is -0.590. The van der Waals surface area contributed by atoms with Crippen LogP contribution >= 0.6 is 15.9 Å². The van der Waals surface area contributed by atoms with Gasteiger partial charge >= 0.3 is 0 Å². The molecule has 0 radical (unpaired) electrons. The number of fused-ring (bicyclic) bond motifs is 1. The van der Waals surface area contributed by atoms with Crippen molar-refractivity contribution in [2.24, 2.45) is 0 Å². The molecule has 0 unspecified atom stereocenters. The van der Waals surface area contributed by atoms with E-state index in [2.05, 4.69) is 21.2 Å². The summed E-state index contributed by atoms with van der Waals surface area (Å²) in [5.41, 5.74) is 4.53. The van der Waals surface area contributed by atoms with Gasteiger partial charge in [-0.15, -0.1) is 0 Å². The highest BCUT2D eigenvalue weighted by molar-refractivity contribution is 9.10. The van der Waals surface area contributed by atoms with Crippen LogP contribution in [0.3, 0.4) is 0 Å². The number of hydrogen-bond donors (Lipinski definition) is 1. The molecular formula is C17H15BrFNO. The molecule has 1 heterocycles. The Morgan fingerprint density at radius 1 is 1.19 bits per heavy atom. The first-order valence-corrected chi connectivity index (χ1v) is 7.61. The van der Waals surface area contributed by atoms with Crippen molar-refractivity contribution in [2.45, 2.75) is 26.2 Å². The van der Waals surface area contributed by atoms with Gasteiger partial charge in [-0.25, -0.2) is 4.39 Å². The SMILES string of the molecule is Cc1ccc2c(c1C)NC(=O)C[C@@H]2c1cc(Br)ccc1F. The largest absolute Gasteiger partial charge is 0.326 e. The van der Waals surface area contributed by atoms with Gasteiger partial charge in [0.1, 0.15) is 5.82 Å². The van der Waals surface area contributed by atoms with E-state index >= 15 is 0 Å². The fourth-order valence-electron chi connectivity index (χ4n) is 2.84. The van der Waals surface area contributed by atoms with E-state index in [0.29, 0.717) is 5.56 Å². The second-order valence-corrected chi connectivity index (χ2v) is 6.36. The average molecular weight is 348 g/mol. The van der Waals surface area contributed by atoms with Gasteiger partial charge in [0.05, 0.1) is 0 Å². The van der Waals surface area contributed by atoms with Crippen molar-refractivity contribution in [3.8, 4) is 0 Å². The maximum absolute atomic E-state index is 14.2. The summed E-state index contributed by atoms with van der Waals surface area (Å²) >= 11 is 3.38. The van der Waals surface area contributed by atoms with Crippen molar-refractivity contribution < 1.29 is 9.18 Å². The normalized spacial score (nSPS) is 17.3. The molecule has 0 bridgehead atoms. The summed E-state index contributed by atoms with van der Waals surface area (Å²) in [6.07, 6.45) is 0.267. The third-order valence-corrected chi connectivity index (χ3v) is 4.62. The van der Waals surface area contributed by atoms with Crippen LogP contribution < -0.4 is 5.32 Å². The third-order valence-electron chi connectivity index (χ3n) is 4.13. The number of anilines is 1. The molecule has 1 aliphatic rings. The molecule has 1 N–H and O–H groups in total. The Hall–Kier alpha value is -1.68. The van der Waals surface area contributed by atoms with Gasteiger partial charge in [0.2, 0.25) is 5.91 Å². The average Bonchev–Trinajstić information content (AvgIpc) is 2.45. The smallest absolute Gasteiger partial charge is 0.225 e. The maximum Gasteiger partial charge on any atom is 0.225 e.